The molecule has 0 aliphatic heterocycles. The summed E-state index contributed by atoms with van der Waals surface area (Å²) in [6.45, 7) is 4.24. The van der Waals surface area contributed by atoms with Crippen molar-refractivity contribution in [3.05, 3.63) is 89.5 Å². The number of benzene rings is 3. The minimum atomic E-state index is -1.42. The largest absolute Gasteiger partial charge is 0.490 e. The highest BCUT2D eigenvalue weighted by molar-refractivity contribution is 5.84. The minimum Gasteiger partial charge on any atom is -0.490 e. The molecule has 0 saturated carbocycles. The maximum Gasteiger partial charge on any atom is 0.333 e. The van der Waals surface area contributed by atoms with Crippen LogP contribution in [0.15, 0.2) is 72.8 Å². The van der Waals surface area contributed by atoms with Gasteiger partial charge in [0.25, 0.3) is 0 Å². The van der Waals surface area contributed by atoms with E-state index in [0.717, 1.165) is 5.56 Å². The number of nitriles is 1. The van der Waals surface area contributed by atoms with Crippen LogP contribution in [0.25, 0.3) is 0 Å². The summed E-state index contributed by atoms with van der Waals surface area (Å²) in [7, 11) is 0. The van der Waals surface area contributed by atoms with Gasteiger partial charge >= 0.3 is 5.97 Å². The second-order valence-electron chi connectivity index (χ2n) is 7.11. The summed E-state index contributed by atoms with van der Waals surface area (Å²) in [5.74, 6) is -0.0251. The Balaban J connectivity index is 1.89. The molecule has 158 valence electrons. The molecule has 0 bridgehead atoms. The molecule has 3 rings (SSSR count). The topological polar surface area (TPSA) is 91.6 Å². The Labute approximate surface area is 181 Å². The number of ether oxygens (including phenoxy) is 2. The monoisotopic (exact) mass is 416 g/mol. The lowest BCUT2D eigenvalue weighted by Gasteiger charge is -2.29. The van der Waals surface area contributed by atoms with Gasteiger partial charge in [0.15, 0.2) is 17.0 Å². The zero-order valence-electron chi connectivity index (χ0n) is 17.5. The predicted octanol–water partition coefficient (Wildman–Crippen LogP) is 4.95. The van der Waals surface area contributed by atoms with Crippen LogP contribution >= 0.6 is 0 Å². The molecule has 0 radical (unpaired) electrons. The normalized spacial score (nSPS) is 12.3. The van der Waals surface area contributed by atoms with E-state index in [2.05, 4.69) is 5.32 Å². The zero-order valence-corrected chi connectivity index (χ0v) is 17.5. The minimum absolute atomic E-state index is 0.375. The summed E-state index contributed by atoms with van der Waals surface area (Å²) in [6, 6.07) is 23.6. The Morgan fingerprint density at radius 3 is 2.35 bits per heavy atom. The molecule has 1 unspecified atom stereocenters. The first-order valence-electron chi connectivity index (χ1n) is 9.92. The van der Waals surface area contributed by atoms with E-state index in [4.69, 9.17) is 14.7 Å². The van der Waals surface area contributed by atoms with Crippen molar-refractivity contribution in [3.8, 4) is 17.6 Å². The van der Waals surface area contributed by atoms with Gasteiger partial charge in [0.1, 0.15) is 6.61 Å². The quantitative estimate of drug-likeness (QED) is 0.513. The second kappa shape index (κ2) is 9.68. The van der Waals surface area contributed by atoms with Crippen LogP contribution in [0.2, 0.25) is 0 Å². The van der Waals surface area contributed by atoms with E-state index in [1.165, 1.54) is 0 Å². The predicted molar refractivity (Wildman–Crippen MR) is 118 cm³/mol. The molecular weight excluding hydrogens is 392 g/mol. The molecular formula is C25H24N2O4. The number of anilines is 1. The Morgan fingerprint density at radius 2 is 1.74 bits per heavy atom. The number of carbonyl (C=O) groups is 1. The van der Waals surface area contributed by atoms with Gasteiger partial charge in [-0.1, -0.05) is 36.4 Å². The summed E-state index contributed by atoms with van der Waals surface area (Å²) in [5, 5.41) is 22.0. The van der Waals surface area contributed by atoms with Crippen LogP contribution in [0.3, 0.4) is 0 Å². The summed E-state index contributed by atoms with van der Waals surface area (Å²) in [5.41, 5.74) is 1.21. The van der Waals surface area contributed by atoms with E-state index in [-0.39, 0.29) is 0 Å². The molecule has 0 spiro atoms. The molecule has 0 aliphatic rings. The summed E-state index contributed by atoms with van der Waals surface area (Å²) in [6.07, 6.45) is 0. The first kappa shape index (κ1) is 21.7. The van der Waals surface area contributed by atoms with Crippen molar-refractivity contribution in [1.82, 2.24) is 0 Å². The molecule has 0 saturated heterocycles. The van der Waals surface area contributed by atoms with Gasteiger partial charge in [0, 0.05) is 5.69 Å². The molecule has 1 atom stereocenters. The van der Waals surface area contributed by atoms with E-state index in [1.807, 2.05) is 43.3 Å². The van der Waals surface area contributed by atoms with Gasteiger partial charge in [-0.25, -0.2) is 4.79 Å². The van der Waals surface area contributed by atoms with Crippen molar-refractivity contribution in [2.75, 3.05) is 11.9 Å². The van der Waals surface area contributed by atoms with E-state index < -0.39 is 11.5 Å². The van der Waals surface area contributed by atoms with Crippen LogP contribution in [0.5, 0.6) is 11.5 Å². The van der Waals surface area contributed by atoms with E-state index >= 15 is 0 Å². The number of hydrogen-bond acceptors (Lipinski definition) is 5. The number of rotatable bonds is 9. The van der Waals surface area contributed by atoms with Gasteiger partial charge < -0.3 is 19.9 Å². The number of nitrogens with zero attached hydrogens (tertiary/aromatic N) is 1. The van der Waals surface area contributed by atoms with Crippen LogP contribution < -0.4 is 14.8 Å². The smallest absolute Gasteiger partial charge is 0.333 e. The number of hydrogen-bond donors (Lipinski definition) is 2. The summed E-state index contributed by atoms with van der Waals surface area (Å²) < 4.78 is 11.7. The highest BCUT2D eigenvalue weighted by Gasteiger charge is 2.36. The average molecular weight is 416 g/mol. The van der Waals surface area contributed by atoms with Crippen molar-refractivity contribution in [2.24, 2.45) is 0 Å². The first-order chi connectivity index (χ1) is 15.0. The number of carboxylic acid groups (broad SMARTS) is 1. The molecule has 6 heteroatoms. The molecule has 3 aromatic rings. The first-order valence-corrected chi connectivity index (χ1v) is 9.92. The van der Waals surface area contributed by atoms with Crippen LogP contribution in [-0.2, 0) is 16.9 Å². The number of nitrogens with one attached hydrogen (secondary N) is 1. The lowest BCUT2D eigenvalue weighted by atomic mass is 9.91. The maximum absolute atomic E-state index is 12.2. The van der Waals surface area contributed by atoms with Gasteiger partial charge in [-0.15, -0.1) is 0 Å². The van der Waals surface area contributed by atoms with Crippen LogP contribution in [0.4, 0.5) is 5.69 Å². The number of carboxylic acids is 1. The SMILES string of the molecule is CCOc1cc(C(C)(Nc2ccc(C#N)cc2)C(=O)O)ccc1OCc1ccccc1. The van der Waals surface area contributed by atoms with Crippen molar-refractivity contribution in [2.45, 2.75) is 26.0 Å². The molecule has 0 aliphatic carbocycles. The maximum atomic E-state index is 12.2. The third kappa shape index (κ3) is 5.14. The van der Waals surface area contributed by atoms with Crippen LogP contribution in [-0.4, -0.2) is 17.7 Å². The van der Waals surface area contributed by atoms with Gasteiger partial charge in [-0.05, 0) is 61.4 Å². The lowest BCUT2D eigenvalue weighted by molar-refractivity contribution is -0.142. The van der Waals surface area contributed by atoms with Crippen LogP contribution in [0, 0.1) is 11.3 Å². The second-order valence-corrected chi connectivity index (χ2v) is 7.11. The molecule has 0 heterocycles. The highest BCUT2D eigenvalue weighted by Crippen LogP contribution is 2.35. The molecule has 3 aromatic carbocycles. The standard InChI is InChI=1S/C25H24N2O4/c1-3-30-23-15-20(11-14-22(23)31-17-19-7-5-4-6-8-19)25(2,24(28)29)27-21-12-9-18(16-26)10-13-21/h4-15,27H,3,17H2,1-2H3,(H,28,29). The fourth-order valence-corrected chi connectivity index (χ4v) is 3.11. The third-order valence-electron chi connectivity index (χ3n) is 4.89. The Bertz CT molecular complexity index is 1070. The van der Waals surface area contributed by atoms with Crippen molar-refractivity contribution < 1.29 is 19.4 Å². The van der Waals surface area contributed by atoms with Crippen molar-refractivity contribution in [3.63, 3.8) is 0 Å². The Kier molecular flexibility index (Phi) is 6.78. The molecule has 6 nitrogen and oxygen atoms in total. The Morgan fingerprint density at radius 1 is 1.03 bits per heavy atom. The van der Waals surface area contributed by atoms with Crippen molar-refractivity contribution >= 4 is 11.7 Å². The highest BCUT2D eigenvalue weighted by atomic mass is 16.5. The fraction of sp³-hybridized carbons (Fsp3) is 0.200. The fourth-order valence-electron chi connectivity index (χ4n) is 3.11. The molecule has 31 heavy (non-hydrogen) atoms. The third-order valence-corrected chi connectivity index (χ3v) is 4.89. The van der Waals surface area contributed by atoms with Crippen LogP contribution in [0.1, 0.15) is 30.5 Å². The Hall–Kier alpha value is -3.98. The summed E-state index contributed by atoms with van der Waals surface area (Å²) >= 11 is 0. The van der Waals surface area contributed by atoms with E-state index in [0.29, 0.717) is 41.5 Å². The van der Waals surface area contributed by atoms with Gasteiger partial charge in [-0.3, -0.25) is 0 Å². The average Bonchev–Trinajstić information content (AvgIpc) is 2.79. The lowest BCUT2D eigenvalue weighted by Crippen LogP contribution is -2.40. The summed E-state index contributed by atoms with van der Waals surface area (Å²) in [4.78, 5) is 12.2. The van der Waals surface area contributed by atoms with E-state index in [9.17, 15) is 9.90 Å². The van der Waals surface area contributed by atoms with Gasteiger partial charge in [-0.2, -0.15) is 5.26 Å². The van der Waals surface area contributed by atoms with Gasteiger partial charge in [0.05, 0.1) is 18.2 Å². The van der Waals surface area contributed by atoms with Crippen molar-refractivity contribution in [1.29, 1.82) is 5.26 Å². The van der Waals surface area contributed by atoms with E-state index in [1.54, 1.807) is 49.4 Å². The molecule has 0 fully saturated rings. The molecule has 0 aromatic heterocycles. The zero-order chi connectivity index (χ0) is 22.3. The van der Waals surface area contributed by atoms with Gasteiger partial charge in [0.2, 0.25) is 0 Å². The number of aliphatic carboxylic acids is 1. The molecule has 0 amide bonds. The molecule has 2 N–H and O–H groups in total.